The predicted molar refractivity (Wildman–Crippen MR) is 61.0 cm³/mol. The number of nitrogens with one attached hydrogen (secondary N) is 1. The fourth-order valence-electron chi connectivity index (χ4n) is 1.43. The molecule has 1 rings (SSSR count). The van der Waals surface area contributed by atoms with Gasteiger partial charge >= 0.3 is 0 Å². The van der Waals surface area contributed by atoms with Crippen LogP contribution in [-0.4, -0.2) is 25.1 Å². The summed E-state index contributed by atoms with van der Waals surface area (Å²) in [5.41, 5.74) is 4.35. The minimum atomic E-state index is -0.111. The van der Waals surface area contributed by atoms with Crippen LogP contribution in [0.5, 0.6) is 0 Å². The zero-order valence-corrected chi connectivity index (χ0v) is 9.27. The van der Waals surface area contributed by atoms with Crippen molar-refractivity contribution in [2.45, 2.75) is 18.9 Å². The van der Waals surface area contributed by atoms with Gasteiger partial charge in [0.1, 0.15) is 6.04 Å². The van der Waals surface area contributed by atoms with Gasteiger partial charge in [0.2, 0.25) is 0 Å². The first-order chi connectivity index (χ1) is 7.22. The van der Waals surface area contributed by atoms with Crippen LogP contribution in [-0.2, 0) is 6.42 Å². The lowest BCUT2D eigenvalue weighted by Crippen LogP contribution is -2.39. The van der Waals surface area contributed by atoms with E-state index >= 15 is 0 Å². The average molecular weight is 203 g/mol. The minimum Gasteiger partial charge on any atom is -0.249 e. The van der Waals surface area contributed by atoms with E-state index in [1.807, 2.05) is 37.3 Å². The first-order valence-corrected chi connectivity index (χ1v) is 5.09. The second kappa shape index (κ2) is 6.18. The highest BCUT2D eigenvalue weighted by Crippen LogP contribution is 2.04. The van der Waals surface area contributed by atoms with Gasteiger partial charge in [-0.05, 0) is 18.4 Å². The fraction of sp³-hybridized carbons (Fsp3) is 0.417. The average Bonchev–Trinajstić information content (AvgIpc) is 2.25. The molecule has 0 saturated heterocycles. The summed E-state index contributed by atoms with van der Waals surface area (Å²) in [6.07, 6.45) is 1.76. The second-order valence-electron chi connectivity index (χ2n) is 3.73. The summed E-state index contributed by atoms with van der Waals surface area (Å²) in [6, 6.07) is 12.4. The number of benzene rings is 1. The third-order valence-electron chi connectivity index (χ3n) is 2.13. The molecule has 0 heterocycles. The maximum absolute atomic E-state index is 8.91. The van der Waals surface area contributed by atoms with Crippen molar-refractivity contribution in [2.75, 3.05) is 14.1 Å². The van der Waals surface area contributed by atoms with E-state index in [0.29, 0.717) is 0 Å². The summed E-state index contributed by atoms with van der Waals surface area (Å²) in [5, 5.41) is 10.7. The van der Waals surface area contributed by atoms with Crippen molar-refractivity contribution in [1.82, 2.24) is 10.4 Å². The van der Waals surface area contributed by atoms with E-state index in [4.69, 9.17) is 5.26 Å². The van der Waals surface area contributed by atoms with Crippen LogP contribution in [0.3, 0.4) is 0 Å². The van der Waals surface area contributed by atoms with Crippen LogP contribution in [0.15, 0.2) is 30.3 Å². The van der Waals surface area contributed by atoms with Crippen LogP contribution in [0.1, 0.15) is 12.0 Å². The smallest absolute Gasteiger partial charge is 0.108 e. The molecule has 0 spiro atoms. The summed E-state index contributed by atoms with van der Waals surface area (Å²) in [5.74, 6) is 0. The van der Waals surface area contributed by atoms with E-state index in [0.717, 1.165) is 12.8 Å². The summed E-state index contributed by atoms with van der Waals surface area (Å²) in [7, 11) is 3.79. The topological polar surface area (TPSA) is 39.1 Å². The van der Waals surface area contributed by atoms with Crippen molar-refractivity contribution in [3.05, 3.63) is 35.9 Å². The molecule has 0 bridgehead atoms. The Morgan fingerprint density at radius 3 is 2.53 bits per heavy atom. The molecule has 80 valence electrons. The molecule has 0 aromatic heterocycles. The quantitative estimate of drug-likeness (QED) is 0.738. The molecule has 0 fully saturated rings. The van der Waals surface area contributed by atoms with E-state index < -0.39 is 0 Å². The Morgan fingerprint density at radius 2 is 2.00 bits per heavy atom. The second-order valence-corrected chi connectivity index (χ2v) is 3.73. The Labute approximate surface area is 91.3 Å². The van der Waals surface area contributed by atoms with Gasteiger partial charge in [0, 0.05) is 14.1 Å². The van der Waals surface area contributed by atoms with Gasteiger partial charge in [0.25, 0.3) is 0 Å². The van der Waals surface area contributed by atoms with Gasteiger partial charge in [-0.3, -0.25) is 0 Å². The molecular formula is C12H17N3. The monoisotopic (exact) mass is 203 g/mol. The fourth-order valence-corrected chi connectivity index (χ4v) is 1.43. The predicted octanol–water partition coefficient (Wildman–Crippen LogP) is 1.58. The lowest BCUT2D eigenvalue weighted by molar-refractivity contribution is 0.260. The Morgan fingerprint density at radius 1 is 1.33 bits per heavy atom. The summed E-state index contributed by atoms with van der Waals surface area (Å²) < 4.78 is 0. The molecule has 1 unspecified atom stereocenters. The molecular weight excluding hydrogens is 186 g/mol. The van der Waals surface area contributed by atoms with Gasteiger partial charge in [0.15, 0.2) is 0 Å². The number of hydrogen-bond acceptors (Lipinski definition) is 3. The molecule has 1 aromatic rings. The van der Waals surface area contributed by atoms with Crippen LogP contribution >= 0.6 is 0 Å². The van der Waals surface area contributed by atoms with Gasteiger partial charge in [-0.2, -0.15) is 5.26 Å². The molecule has 3 heteroatoms. The van der Waals surface area contributed by atoms with Crippen LogP contribution in [0.4, 0.5) is 0 Å². The zero-order valence-electron chi connectivity index (χ0n) is 9.27. The van der Waals surface area contributed by atoms with Crippen LogP contribution in [0.2, 0.25) is 0 Å². The SMILES string of the molecule is CN(C)NC(C#N)CCc1ccccc1. The minimum absolute atomic E-state index is 0.111. The molecule has 0 amide bonds. The molecule has 0 radical (unpaired) electrons. The number of nitrogens with zero attached hydrogens (tertiary/aromatic N) is 2. The Bertz CT molecular complexity index is 313. The van der Waals surface area contributed by atoms with Crippen LogP contribution in [0, 0.1) is 11.3 Å². The Hall–Kier alpha value is -1.37. The van der Waals surface area contributed by atoms with E-state index in [2.05, 4.69) is 23.6 Å². The standard InChI is InChI=1S/C12H17N3/c1-15(2)14-12(10-13)9-8-11-6-4-3-5-7-11/h3-7,12,14H,8-9H2,1-2H3. The molecule has 1 aromatic carbocycles. The Balaban J connectivity index is 2.39. The number of aryl methyl sites for hydroxylation is 1. The molecule has 3 nitrogen and oxygen atoms in total. The van der Waals surface area contributed by atoms with Gasteiger partial charge < -0.3 is 0 Å². The Kier molecular flexibility index (Phi) is 4.82. The van der Waals surface area contributed by atoms with Crippen molar-refractivity contribution < 1.29 is 0 Å². The van der Waals surface area contributed by atoms with Crippen LogP contribution < -0.4 is 5.43 Å². The molecule has 0 saturated carbocycles. The summed E-state index contributed by atoms with van der Waals surface area (Å²) in [4.78, 5) is 0. The first-order valence-electron chi connectivity index (χ1n) is 5.09. The van der Waals surface area contributed by atoms with Crippen molar-refractivity contribution in [3.8, 4) is 6.07 Å². The maximum atomic E-state index is 8.91. The van der Waals surface area contributed by atoms with Gasteiger partial charge in [-0.15, -0.1) is 0 Å². The van der Waals surface area contributed by atoms with E-state index in [-0.39, 0.29) is 6.04 Å². The highest BCUT2D eigenvalue weighted by Gasteiger charge is 2.07. The van der Waals surface area contributed by atoms with E-state index in [9.17, 15) is 0 Å². The van der Waals surface area contributed by atoms with Gasteiger partial charge in [-0.25, -0.2) is 10.4 Å². The highest BCUT2D eigenvalue weighted by atomic mass is 15.5. The molecule has 15 heavy (non-hydrogen) atoms. The van der Waals surface area contributed by atoms with E-state index in [1.54, 1.807) is 0 Å². The third-order valence-corrected chi connectivity index (χ3v) is 2.13. The number of rotatable bonds is 5. The van der Waals surface area contributed by atoms with Crippen molar-refractivity contribution in [1.29, 1.82) is 5.26 Å². The molecule has 1 atom stereocenters. The van der Waals surface area contributed by atoms with Gasteiger partial charge in [0.05, 0.1) is 6.07 Å². The zero-order chi connectivity index (χ0) is 11.1. The molecule has 0 aliphatic carbocycles. The summed E-state index contributed by atoms with van der Waals surface area (Å²) in [6.45, 7) is 0. The maximum Gasteiger partial charge on any atom is 0.108 e. The lowest BCUT2D eigenvalue weighted by atomic mass is 10.1. The summed E-state index contributed by atoms with van der Waals surface area (Å²) >= 11 is 0. The lowest BCUT2D eigenvalue weighted by Gasteiger charge is -2.16. The molecule has 0 aliphatic heterocycles. The number of hydrazine groups is 1. The highest BCUT2D eigenvalue weighted by molar-refractivity contribution is 5.15. The first kappa shape index (κ1) is 11.7. The van der Waals surface area contributed by atoms with Crippen molar-refractivity contribution in [3.63, 3.8) is 0 Å². The van der Waals surface area contributed by atoms with E-state index in [1.165, 1.54) is 5.56 Å². The van der Waals surface area contributed by atoms with Gasteiger partial charge in [-0.1, -0.05) is 30.3 Å². The molecule has 1 N–H and O–H groups in total. The van der Waals surface area contributed by atoms with Crippen molar-refractivity contribution in [2.24, 2.45) is 0 Å². The number of hydrogen-bond donors (Lipinski definition) is 1. The normalized spacial score (nSPS) is 12.4. The largest absolute Gasteiger partial charge is 0.249 e. The third kappa shape index (κ3) is 4.59. The molecule has 0 aliphatic rings. The van der Waals surface area contributed by atoms with Crippen molar-refractivity contribution >= 4 is 0 Å². The van der Waals surface area contributed by atoms with Crippen LogP contribution in [0.25, 0.3) is 0 Å². The number of nitriles is 1.